The van der Waals surface area contributed by atoms with Crippen LogP contribution < -0.4 is 0 Å². The molecule has 0 unspecified atom stereocenters. The van der Waals surface area contributed by atoms with Gasteiger partial charge in [-0.25, -0.2) is 0 Å². The molecule has 0 N–H and O–H groups in total. The molecule has 0 fully saturated rings. The predicted molar refractivity (Wildman–Crippen MR) is 157 cm³/mol. The second-order valence-electron chi connectivity index (χ2n) is 9.41. The Labute approximate surface area is 212 Å². The summed E-state index contributed by atoms with van der Waals surface area (Å²) in [6.07, 6.45) is 2.22. The Bertz CT molecular complexity index is 2090. The van der Waals surface area contributed by atoms with Crippen LogP contribution >= 0.6 is 11.3 Å². The van der Waals surface area contributed by atoms with Crippen molar-refractivity contribution in [3.8, 4) is 16.8 Å². The zero-order valence-corrected chi connectivity index (χ0v) is 20.3. The Morgan fingerprint density at radius 1 is 0.528 bits per heavy atom. The number of hydrogen-bond acceptors (Lipinski definition) is 1. The van der Waals surface area contributed by atoms with Gasteiger partial charge in [0.15, 0.2) is 0 Å². The molecule has 0 spiro atoms. The third-order valence-electron chi connectivity index (χ3n) is 7.39. The maximum absolute atomic E-state index is 2.38. The van der Waals surface area contributed by atoms with Crippen LogP contribution in [0.3, 0.4) is 0 Å². The maximum Gasteiger partial charge on any atom is 0.0621 e. The number of nitrogens with zero attached hydrogens (tertiary/aromatic N) is 1. The van der Waals surface area contributed by atoms with Crippen LogP contribution in [0.2, 0.25) is 0 Å². The molecular formula is C34H21NS. The summed E-state index contributed by atoms with van der Waals surface area (Å²) < 4.78 is 5.05. The van der Waals surface area contributed by atoms with Crippen molar-refractivity contribution in [2.24, 2.45) is 0 Å². The molecule has 36 heavy (non-hydrogen) atoms. The van der Waals surface area contributed by atoms with E-state index in [4.69, 9.17) is 0 Å². The highest BCUT2D eigenvalue weighted by Gasteiger charge is 2.18. The summed E-state index contributed by atoms with van der Waals surface area (Å²) in [5.41, 5.74) is 5.00. The molecule has 8 aromatic rings. The van der Waals surface area contributed by atoms with E-state index in [-0.39, 0.29) is 0 Å². The lowest BCUT2D eigenvalue weighted by molar-refractivity contribution is 1.13. The van der Waals surface area contributed by atoms with Crippen molar-refractivity contribution in [1.82, 2.24) is 4.57 Å². The van der Waals surface area contributed by atoms with Gasteiger partial charge in [0.25, 0.3) is 0 Å². The summed E-state index contributed by atoms with van der Waals surface area (Å²) in [7, 11) is 0. The van der Waals surface area contributed by atoms with Crippen molar-refractivity contribution in [1.29, 1.82) is 0 Å². The van der Waals surface area contributed by atoms with E-state index in [2.05, 4.69) is 132 Å². The van der Waals surface area contributed by atoms with Gasteiger partial charge in [0, 0.05) is 42.8 Å². The van der Waals surface area contributed by atoms with Crippen molar-refractivity contribution in [2.45, 2.75) is 0 Å². The third-order valence-corrected chi connectivity index (χ3v) is 8.59. The van der Waals surface area contributed by atoms with Crippen LogP contribution in [0, 0.1) is 0 Å². The van der Waals surface area contributed by atoms with Gasteiger partial charge in [-0.1, -0.05) is 84.9 Å². The molecule has 0 atom stereocenters. The molecular weight excluding hydrogens is 454 g/mol. The van der Waals surface area contributed by atoms with Crippen LogP contribution in [0.1, 0.15) is 0 Å². The molecule has 2 heterocycles. The van der Waals surface area contributed by atoms with Crippen LogP contribution in [0.4, 0.5) is 0 Å². The standard InChI is InChI=1S/C34H21NS/c1-2-10-26(11-3-1)35-19-18-25-21-30(24-15-14-22-8-4-5-9-23(22)20-24)28-16-17-29-27-12-6-7-13-31(27)36-34(29)32(28)33(25)35/h1-21H. The summed E-state index contributed by atoms with van der Waals surface area (Å²) in [4.78, 5) is 0. The molecule has 0 radical (unpaired) electrons. The number of thiophene rings is 1. The van der Waals surface area contributed by atoms with E-state index < -0.39 is 0 Å². The molecule has 0 saturated heterocycles. The fourth-order valence-corrected chi connectivity index (χ4v) is 6.96. The summed E-state index contributed by atoms with van der Waals surface area (Å²) in [6, 6.07) is 44.2. The molecule has 0 bridgehead atoms. The highest BCUT2D eigenvalue weighted by Crippen LogP contribution is 2.45. The summed E-state index contributed by atoms with van der Waals surface area (Å²) in [5.74, 6) is 0. The van der Waals surface area contributed by atoms with E-state index in [9.17, 15) is 0 Å². The van der Waals surface area contributed by atoms with Crippen molar-refractivity contribution in [2.75, 3.05) is 0 Å². The van der Waals surface area contributed by atoms with Crippen LogP contribution in [0.15, 0.2) is 128 Å². The number of benzene rings is 6. The lowest BCUT2D eigenvalue weighted by Crippen LogP contribution is -1.93. The minimum atomic E-state index is 1.19. The minimum Gasteiger partial charge on any atom is -0.316 e. The smallest absolute Gasteiger partial charge is 0.0621 e. The molecule has 8 rings (SSSR count). The first-order valence-corrected chi connectivity index (χ1v) is 13.1. The minimum absolute atomic E-state index is 1.19. The zero-order valence-electron chi connectivity index (χ0n) is 19.5. The quantitative estimate of drug-likeness (QED) is 0.234. The molecule has 0 aliphatic rings. The number of aromatic nitrogens is 1. The van der Waals surface area contributed by atoms with E-state index in [1.165, 1.54) is 69.4 Å². The normalized spacial score (nSPS) is 11.9. The fraction of sp³-hybridized carbons (Fsp3) is 0. The van der Waals surface area contributed by atoms with Crippen molar-refractivity contribution < 1.29 is 0 Å². The number of rotatable bonds is 2. The van der Waals surface area contributed by atoms with Gasteiger partial charge in [-0.05, 0) is 63.7 Å². The molecule has 2 heteroatoms. The summed E-state index contributed by atoms with van der Waals surface area (Å²) in [5, 5.41) is 9.11. The largest absolute Gasteiger partial charge is 0.316 e. The van der Waals surface area contributed by atoms with E-state index in [0.717, 1.165) is 0 Å². The first-order chi connectivity index (χ1) is 17.8. The van der Waals surface area contributed by atoms with Gasteiger partial charge in [0.2, 0.25) is 0 Å². The van der Waals surface area contributed by atoms with Gasteiger partial charge >= 0.3 is 0 Å². The summed E-state index contributed by atoms with van der Waals surface area (Å²) in [6.45, 7) is 0. The van der Waals surface area contributed by atoms with Gasteiger partial charge in [-0.3, -0.25) is 0 Å². The fourth-order valence-electron chi connectivity index (χ4n) is 5.71. The average Bonchev–Trinajstić information content (AvgIpc) is 3.54. The Morgan fingerprint density at radius 3 is 2.22 bits per heavy atom. The van der Waals surface area contributed by atoms with Crippen molar-refractivity contribution in [3.63, 3.8) is 0 Å². The van der Waals surface area contributed by atoms with Crippen LogP contribution in [-0.4, -0.2) is 4.57 Å². The maximum atomic E-state index is 2.38. The molecule has 1 nitrogen and oxygen atoms in total. The van der Waals surface area contributed by atoms with Crippen molar-refractivity contribution >= 4 is 64.0 Å². The van der Waals surface area contributed by atoms with E-state index in [1.807, 2.05) is 11.3 Å². The predicted octanol–water partition coefficient (Wildman–Crippen LogP) is 9.97. The van der Waals surface area contributed by atoms with E-state index >= 15 is 0 Å². The lowest BCUT2D eigenvalue weighted by Gasteiger charge is -2.14. The number of fused-ring (bicyclic) bond motifs is 8. The Kier molecular flexibility index (Phi) is 4.16. The van der Waals surface area contributed by atoms with Gasteiger partial charge in [-0.2, -0.15) is 0 Å². The van der Waals surface area contributed by atoms with Gasteiger partial charge < -0.3 is 4.57 Å². The first-order valence-electron chi connectivity index (χ1n) is 12.3. The highest BCUT2D eigenvalue weighted by atomic mass is 32.1. The lowest BCUT2D eigenvalue weighted by atomic mass is 9.93. The Balaban J connectivity index is 1.56. The average molecular weight is 476 g/mol. The Hall–Kier alpha value is -4.40. The molecule has 0 amide bonds. The molecule has 2 aromatic heterocycles. The van der Waals surface area contributed by atoms with Crippen LogP contribution in [0.25, 0.3) is 69.4 Å². The number of para-hydroxylation sites is 1. The second-order valence-corrected chi connectivity index (χ2v) is 10.5. The molecule has 0 aliphatic carbocycles. The Morgan fingerprint density at radius 2 is 1.31 bits per heavy atom. The topological polar surface area (TPSA) is 4.93 Å². The van der Waals surface area contributed by atoms with Gasteiger partial charge in [-0.15, -0.1) is 11.3 Å². The van der Waals surface area contributed by atoms with Gasteiger partial charge in [0.05, 0.1) is 5.52 Å². The van der Waals surface area contributed by atoms with Crippen molar-refractivity contribution in [3.05, 3.63) is 128 Å². The third kappa shape index (κ3) is 2.82. The van der Waals surface area contributed by atoms with Gasteiger partial charge in [0.1, 0.15) is 0 Å². The second kappa shape index (κ2) is 7.55. The number of hydrogen-bond donors (Lipinski definition) is 0. The monoisotopic (exact) mass is 475 g/mol. The molecule has 0 aliphatic heterocycles. The van der Waals surface area contributed by atoms with Crippen LogP contribution in [0.5, 0.6) is 0 Å². The van der Waals surface area contributed by atoms with E-state index in [0.29, 0.717) is 0 Å². The molecule has 168 valence electrons. The summed E-state index contributed by atoms with van der Waals surface area (Å²) >= 11 is 1.91. The molecule has 0 saturated carbocycles. The zero-order chi connectivity index (χ0) is 23.6. The molecule has 6 aromatic carbocycles. The van der Waals surface area contributed by atoms with Crippen LogP contribution in [-0.2, 0) is 0 Å². The SMILES string of the molecule is c1ccc(-n2ccc3cc(-c4ccc5ccccc5c4)c4ccc5c6ccccc6sc5c4c32)cc1. The van der Waals surface area contributed by atoms with E-state index in [1.54, 1.807) is 0 Å². The first kappa shape index (κ1) is 19.9. The highest BCUT2D eigenvalue weighted by molar-refractivity contribution is 7.26.